The van der Waals surface area contributed by atoms with Gasteiger partial charge in [-0.25, -0.2) is 4.98 Å². The van der Waals surface area contributed by atoms with E-state index in [1.165, 1.54) is 18.3 Å². The van der Waals surface area contributed by atoms with Crippen LogP contribution in [0.1, 0.15) is 27.3 Å². The number of aryl methyl sites for hydroxylation is 1. The molecule has 3 aromatic rings. The Labute approximate surface area is 123 Å². The number of pyridine rings is 1. The number of fused-ring (bicyclic) bond motifs is 1. The zero-order valence-corrected chi connectivity index (χ0v) is 11.5. The van der Waals surface area contributed by atoms with E-state index in [1.807, 2.05) is 25.1 Å². The van der Waals surface area contributed by atoms with Crippen LogP contribution in [0.4, 0.5) is 13.2 Å². The summed E-state index contributed by atoms with van der Waals surface area (Å²) in [6.45, 7) is 1.88. The molecular formula is C16H11F3N2O. The molecule has 6 heteroatoms. The van der Waals surface area contributed by atoms with Crippen LogP contribution in [0, 0.1) is 6.92 Å². The molecule has 0 aliphatic heterocycles. The van der Waals surface area contributed by atoms with Crippen LogP contribution in [-0.2, 0) is 6.18 Å². The second-order valence-electron chi connectivity index (χ2n) is 4.99. The summed E-state index contributed by atoms with van der Waals surface area (Å²) < 4.78 is 38.1. The fourth-order valence-electron chi connectivity index (χ4n) is 2.28. The molecule has 3 nitrogen and oxygen atoms in total. The molecule has 0 amide bonds. The largest absolute Gasteiger partial charge is 0.433 e. The van der Waals surface area contributed by atoms with Gasteiger partial charge in [0.15, 0.2) is 0 Å². The van der Waals surface area contributed by atoms with Gasteiger partial charge in [-0.1, -0.05) is 17.7 Å². The molecule has 0 fully saturated rings. The van der Waals surface area contributed by atoms with E-state index in [0.29, 0.717) is 10.9 Å². The highest BCUT2D eigenvalue weighted by molar-refractivity contribution is 6.15. The first-order valence-electron chi connectivity index (χ1n) is 6.53. The molecule has 1 aromatic carbocycles. The van der Waals surface area contributed by atoms with E-state index in [0.717, 1.165) is 17.1 Å². The molecule has 0 radical (unpaired) electrons. The molecule has 112 valence electrons. The van der Waals surface area contributed by atoms with Gasteiger partial charge in [-0.15, -0.1) is 0 Å². The Morgan fingerprint density at radius 1 is 1.18 bits per heavy atom. The van der Waals surface area contributed by atoms with E-state index in [1.54, 1.807) is 0 Å². The maximum Gasteiger partial charge on any atom is 0.433 e. The minimum atomic E-state index is -4.58. The topological polar surface area (TPSA) is 45.8 Å². The molecule has 0 atom stereocenters. The van der Waals surface area contributed by atoms with E-state index in [4.69, 9.17) is 0 Å². The molecule has 3 rings (SSSR count). The minimum absolute atomic E-state index is 0.225. The molecule has 2 heterocycles. The molecule has 0 saturated carbocycles. The fraction of sp³-hybridized carbons (Fsp3) is 0.125. The number of hydrogen-bond acceptors (Lipinski definition) is 2. The number of alkyl halides is 3. The van der Waals surface area contributed by atoms with Crippen molar-refractivity contribution >= 4 is 16.7 Å². The van der Waals surface area contributed by atoms with Gasteiger partial charge in [0.2, 0.25) is 5.78 Å². The third-order valence-electron chi connectivity index (χ3n) is 3.35. The predicted octanol–water partition coefficient (Wildman–Crippen LogP) is 4.12. The molecular weight excluding hydrogens is 293 g/mol. The van der Waals surface area contributed by atoms with Crippen LogP contribution in [0.2, 0.25) is 0 Å². The lowest BCUT2D eigenvalue weighted by Gasteiger charge is -2.07. The molecule has 0 spiro atoms. The number of nitrogens with zero attached hydrogens (tertiary/aromatic N) is 1. The van der Waals surface area contributed by atoms with E-state index in [-0.39, 0.29) is 5.69 Å². The van der Waals surface area contributed by atoms with Crippen LogP contribution in [-0.4, -0.2) is 15.8 Å². The summed E-state index contributed by atoms with van der Waals surface area (Å²) in [5, 5.41) is 0.671. The highest BCUT2D eigenvalue weighted by atomic mass is 19.4. The number of halogens is 3. The first-order chi connectivity index (χ1) is 10.4. The van der Waals surface area contributed by atoms with Crippen molar-refractivity contribution in [3.8, 4) is 0 Å². The monoisotopic (exact) mass is 304 g/mol. The second-order valence-corrected chi connectivity index (χ2v) is 4.99. The summed E-state index contributed by atoms with van der Waals surface area (Å²) in [7, 11) is 0. The lowest BCUT2D eigenvalue weighted by atomic mass is 10.0. The van der Waals surface area contributed by atoms with Crippen LogP contribution in [0.5, 0.6) is 0 Å². The summed E-state index contributed by atoms with van der Waals surface area (Å²) in [4.78, 5) is 18.8. The zero-order chi connectivity index (χ0) is 15.9. The quantitative estimate of drug-likeness (QED) is 0.724. The maximum absolute atomic E-state index is 12.7. The SMILES string of the molecule is Cc1ccc2[nH]cc(C(=O)c3cccc(C(F)(F)F)n3)c2c1. The van der Waals surface area contributed by atoms with Crippen molar-refractivity contribution in [2.45, 2.75) is 13.1 Å². The number of hydrogen-bond donors (Lipinski definition) is 1. The second kappa shape index (κ2) is 4.98. The van der Waals surface area contributed by atoms with Gasteiger partial charge in [-0.3, -0.25) is 4.79 Å². The fourth-order valence-corrected chi connectivity index (χ4v) is 2.28. The molecule has 0 saturated heterocycles. The Balaban J connectivity index is 2.08. The smallest absolute Gasteiger partial charge is 0.360 e. The van der Waals surface area contributed by atoms with Gasteiger partial charge in [0.1, 0.15) is 11.4 Å². The number of benzene rings is 1. The number of carbonyl (C=O) groups excluding carboxylic acids is 1. The van der Waals surface area contributed by atoms with Gasteiger partial charge in [0, 0.05) is 22.7 Å². The molecule has 1 N–H and O–H groups in total. The Kier molecular flexibility index (Phi) is 3.24. The van der Waals surface area contributed by atoms with Gasteiger partial charge in [0.05, 0.1) is 0 Å². The van der Waals surface area contributed by atoms with E-state index in [2.05, 4.69) is 9.97 Å². The molecule has 2 aromatic heterocycles. The Morgan fingerprint density at radius 2 is 1.95 bits per heavy atom. The predicted molar refractivity (Wildman–Crippen MR) is 75.7 cm³/mol. The number of nitrogens with one attached hydrogen (secondary N) is 1. The van der Waals surface area contributed by atoms with Crippen LogP contribution in [0.15, 0.2) is 42.6 Å². The van der Waals surface area contributed by atoms with Crippen molar-refractivity contribution in [3.63, 3.8) is 0 Å². The number of aromatic amines is 1. The standard InChI is InChI=1S/C16H11F3N2O/c1-9-5-6-12-10(7-9)11(8-20-12)15(22)13-3-2-4-14(21-13)16(17,18)19/h2-8,20H,1H3. The number of aromatic nitrogens is 2. The third kappa shape index (κ3) is 2.47. The van der Waals surface area contributed by atoms with Crippen LogP contribution < -0.4 is 0 Å². The molecule has 0 unspecified atom stereocenters. The van der Waals surface area contributed by atoms with Crippen molar-refractivity contribution in [2.24, 2.45) is 0 Å². The Bertz CT molecular complexity index is 865. The summed E-state index contributed by atoms with van der Waals surface area (Å²) in [5.41, 5.74) is 0.719. The van der Waals surface area contributed by atoms with E-state index < -0.39 is 17.7 Å². The average Bonchev–Trinajstić information content (AvgIpc) is 2.88. The van der Waals surface area contributed by atoms with Gasteiger partial charge < -0.3 is 4.98 Å². The minimum Gasteiger partial charge on any atom is -0.360 e. The highest BCUT2D eigenvalue weighted by Gasteiger charge is 2.33. The number of carbonyl (C=O) groups is 1. The number of ketones is 1. The molecule has 0 aliphatic carbocycles. The van der Waals surface area contributed by atoms with Gasteiger partial charge in [0.25, 0.3) is 0 Å². The van der Waals surface area contributed by atoms with Crippen molar-refractivity contribution in [3.05, 3.63) is 65.1 Å². The summed E-state index contributed by atoms with van der Waals surface area (Å²) in [6.07, 6.45) is -3.08. The van der Waals surface area contributed by atoms with Gasteiger partial charge >= 0.3 is 6.18 Å². The summed E-state index contributed by atoms with van der Waals surface area (Å²) >= 11 is 0. The van der Waals surface area contributed by atoms with E-state index >= 15 is 0 Å². The third-order valence-corrected chi connectivity index (χ3v) is 3.35. The van der Waals surface area contributed by atoms with Crippen molar-refractivity contribution in [2.75, 3.05) is 0 Å². The molecule has 0 bridgehead atoms. The van der Waals surface area contributed by atoms with Gasteiger partial charge in [-0.05, 0) is 31.2 Å². The highest BCUT2D eigenvalue weighted by Crippen LogP contribution is 2.28. The maximum atomic E-state index is 12.7. The normalized spacial score (nSPS) is 11.8. The van der Waals surface area contributed by atoms with Crippen molar-refractivity contribution in [1.29, 1.82) is 0 Å². The van der Waals surface area contributed by atoms with Crippen LogP contribution >= 0.6 is 0 Å². The first-order valence-corrected chi connectivity index (χ1v) is 6.53. The van der Waals surface area contributed by atoms with Gasteiger partial charge in [-0.2, -0.15) is 13.2 Å². The number of rotatable bonds is 2. The zero-order valence-electron chi connectivity index (χ0n) is 11.5. The van der Waals surface area contributed by atoms with Crippen molar-refractivity contribution in [1.82, 2.24) is 9.97 Å². The number of H-pyrrole nitrogens is 1. The summed E-state index contributed by atoms with van der Waals surface area (Å²) in [5.74, 6) is -0.539. The van der Waals surface area contributed by atoms with Crippen LogP contribution in [0.25, 0.3) is 10.9 Å². The van der Waals surface area contributed by atoms with Crippen LogP contribution in [0.3, 0.4) is 0 Å². The summed E-state index contributed by atoms with van der Waals surface area (Å²) in [6, 6.07) is 8.83. The average molecular weight is 304 g/mol. The Hall–Kier alpha value is -2.63. The van der Waals surface area contributed by atoms with E-state index in [9.17, 15) is 18.0 Å². The lowest BCUT2D eigenvalue weighted by molar-refractivity contribution is -0.141. The first kappa shape index (κ1) is 14.3. The lowest BCUT2D eigenvalue weighted by Crippen LogP contribution is -2.12. The molecule has 0 aliphatic rings. The molecule has 22 heavy (non-hydrogen) atoms. The Morgan fingerprint density at radius 3 is 2.68 bits per heavy atom. The van der Waals surface area contributed by atoms with Crippen molar-refractivity contribution < 1.29 is 18.0 Å².